The van der Waals surface area contributed by atoms with Gasteiger partial charge in [0.25, 0.3) is 0 Å². The first kappa shape index (κ1) is 15.0. The summed E-state index contributed by atoms with van der Waals surface area (Å²) >= 11 is 0. The van der Waals surface area contributed by atoms with Gasteiger partial charge < -0.3 is 10.6 Å². The molecular weight excluding hydrogens is 252 g/mol. The third-order valence-electron chi connectivity index (χ3n) is 4.23. The van der Waals surface area contributed by atoms with Crippen molar-refractivity contribution in [2.45, 2.75) is 46.1 Å². The maximum atomic E-state index is 12.2. The van der Waals surface area contributed by atoms with Gasteiger partial charge >= 0.3 is 0 Å². The minimum Gasteiger partial charge on any atom is -0.353 e. The molecule has 1 aromatic rings. The molecule has 0 bridgehead atoms. The van der Waals surface area contributed by atoms with E-state index < -0.39 is 0 Å². The van der Waals surface area contributed by atoms with Crippen molar-refractivity contribution < 1.29 is 4.79 Å². The Kier molecular flexibility index (Phi) is 4.81. The molecule has 2 heterocycles. The van der Waals surface area contributed by atoms with Gasteiger partial charge in [-0.1, -0.05) is 0 Å². The average molecular weight is 278 g/mol. The summed E-state index contributed by atoms with van der Waals surface area (Å²) in [5, 5.41) is 10.9. The summed E-state index contributed by atoms with van der Waals surface area (Å²) < 4.78 is 1.91. The van der Waals surface area contributed by atoms with E-state index in [1.165, 1.54) is 11.3 Å². The Morgan fingerprint density at radius 3 is 2.85 bits per heavy atom. The Hall–Kier alpha value is -1.36. The number of amides is 1. The lowest BCUT2D eigenvalue weighted by atomic mass is 9.98. The molecule has 5 nitrogen and oxygen atoms in total. The Labute approximate surface area is 121 Å². The SMILES string of the molecule is Cc1nn(C)c(C)c1CC(C)NC(=O)C1CCCNC1. The lowest BCUT2D eigenvalue weighted by Gasteiger charge is -2.24. The molecule has 2 N–H and O–H groups in total. The monoisotopic (exact) mass is 278 g/mol. The van der Waals surface area contributed by atoms with E-state index in [1.807, 2.05) is 18.7 Å². The smallest absolute Gasteiger partial charge is 0.224 e. The molecule has 1 aliphatic heterocycles. The van der Waals surface area contributed by atoms with Crippen LogP contribution in [0.3, 0.4) is 0 Å². The molecular formula is C15H26N4O. The second kappa shape index (κ2) is 6.39. The van der Waals surface area contributed by atoms with E-state index in [4.69, 9.17) is 0 Å². The maximum Gasteiger partial charge on any atom is 0.224 e. The van der Waals surface area contributed by atoms with Gasteiger partial charge in [0.1, 0.15) is 0 Å². The van der Waals surface area contributed by atoms with Gasteiger partial charge in [-0.25, -0.2) is 0 Å². The van der Waals surface area contributed by atoms with Crippen molar-refractivity contribution in [3.8, 4) is 0 Å². The van der Waals surface area contributed by atoms with Crippen LogP contribution in [0.25, 0.3) is 0 Å². The predicted molar refractivity (Wildman–Crippen MR) is 79.6 cm³/mol. The van der Waals surface area contributed by atoms with Crippen LogP contribution >= 0.6 is 0 Å². The number of aromatic nitrogens is 2. The van der Waals surface area contributed by atoms with Gasteiger partial charge in [-0.15, -0.1) is 0 Å². The molecule has 1 aliphatic rings. The van der Waals surface area contributed by atoms with E-state index in [0.717, 1.165) is 38.0 Å². The normalized spacial score (nSPS) is 20.7. The highest BCUT2D eigenvalue weighted by molar-refractivity contribution is 5.79. The van der Waals surface area contributed by atoms with Crippen molar-refractivity contribution in [2.24, 2.45) is 13.0 Å². The summed E-state index contributed by atoms with van der Waals surface area (Å²) in [5.41, 5.74) is 3.50. The van der Waals surface area contributed by atoms with Gasteiger partial charge in [-0.3, -0.25) is 9.48 Å². The average Bonchev–Trinajstić information content (AvgIpc) is 2.66. The van der Waals surface area contributed by atoms with Crippen LogP contribution in [0, 0.1) is 19.8 Å². The summed E-state index contributed by atoms with van der Waals surface area (Å²) in [6.07, 6.45) is 2.93. The molecule has 5 heteroatoms. The fraction of sp³-hybridized carbons (Fsp3) is 0.733. The number of carbonyl (C=O) groups excluding carboxylic acids is 1. The number of carbonyl (C=O) groups is 1. The lowest BCUT2D eigenvalue weighted by Crippen LogP contribution is -2.44. The van der Waals surface area contributed by atoms with Crippen LogP contribution in [0.4, 0.5) is 0 Å². The van der Waals surface area contributed by atoms with Crippen molar-refractivity contribution in [3.63, 3.8) is 0 Å². The highest BCUT2D eigenvalue weighted by atomic mass is 16.1. The first-order valence-electron chi connectivity index (χ1n) is 7.49. The molecule has 2 atom stereocenters. The largest absolute Gasteiger partial charge is 0.353 e. The number of hydrogen-bond donors (Lipinski definition) is 2. The van der Waals surface area contributed by atoms with Crippen molar-refractivity contribution in [1.29, 1.82) is 0 Å². The minimum absolute atomic E-state index is 0.127. The van der Waals surface area contributed by atoms with E-state index in [1.54, 1.807) is 0 Å². The topological polar surface area (TPSA) is 59.0 Å². The Balaban J connectivity index is 1.91. The zero-order valence-corrected chi connectivity index (χ0v) is 13.0. The standard InChI is InChI=1S/C15H26N4O/c1-10(8-14-11(2)18-19(4)12(14)3)17-15(20)13-6-5-7-16-9-13/h10,13,16H,5-9H2,1-4H3,(H,17,20). The summed E-state index contributed by atoms with van der Waals surface area (Å²) in [4.78, 5) is 12.2. The summed E-state index contributed by atoms with van der Waals surface area (Å²) in [7, 11) is 1.96. The maximum absolute atomic E-state index is 12.2. The molecule has 0 radical (unpaired) electrons. The Morgan fingerprint density at radius 1 is 1.55 bits per heavy atom. The Bertz CT molecular complexity index is 474. The molecule has 1 amide bonds. The zero-order valence-electron chi connectivity index (χ0n) is 13.0. The molecule has 1 aromatic heterocycles. The minimum atomic E-state index is 0.127. The number of aryl methyl sites for hydroxylation is 2. The third-order valence-corrected chi connectivity index (χ3v) is 4.23. The molecule has 2 unspecified atom stereocenters. The van der Waals surface area contributed by atoms with Crippen LogP contribution in [0.1, 0.15) is 36.7 Å². The fourth-order valence-electron chi connectivity index (χ4n) is 2.91. The van der Waals surface area contributed by atoms with Crippen LogP contribution in [-0.4, -0.2) is 34.8 Å². The van der Waals surface area contributed by atoms with Crippen LogP contribution < -0.4 is 10.6 Å². The fourth-order valence-corrected chi connectivity index (χ4v) is 2.91. The number of nitrogens with zero attached hydrogens (tertiary/aromatic N) is 2. The van der Waals surface area contributed by atoms with Gasteiger partial charge in [0, 0.05) is 25.3 Å². The number of nitrogens with one attached hydrogen (secondary N) is 2. The molecule has 0 aliphatic carbocycles. The number of hydrogen-bond acceptors (Lipinski definition) is 3. The van der Waals surface area contributed by atoms with Gasteiger partial charge in [0.15, 0.2) is 0 Å². The van der Waals surface area contributed by atoms with Crippen LogP contribution in [-0.2, 0) is 18.3 Å². The molecule has 112 valence electrons. The molecule has 0 aromatic carbocycles. The highest BCUT2D eigenvalue weighted by Gasteiger charge is 2.22. The number of piperidine rings is 1. The van der Waals surface area contributed by atoms with E-state index in [9.17, 15) is 4.79 Å². The van der Waals surface area contributed by atoms with Gasteiger partial charge in [-0.2, -0.15) is 5.10 Å². The molecule has 0 saturated carbocycles. The van der Waals surface area contributed by atoms with Gasteiger partial charge in [-0.05, 0) is 52.1 Å². The molecule has 0 spiro atoms. The zero-order chi connectivity index (χ0) is 14.7. The van der Waals surface area contributed by atoms with Crippen molar-refractivity contribution in [1.82, 2.24) is 20.4 Å². The van der Waals surface area contributed by atoms with Crippen molar-refractivity contribution in [2.75, 3.05) is 13.1 Å². The quantitative estimate of drug-likeness (QED) is 0.866. The van der Waals surface area contributed by atoms with Crippen molar-refractivity contribution in [3.05, 3.63) is 17.0 Å². The first-order valence-corrected chi connectivity index (χ1v) is 7.49. The van der Waals surface area contributed by atoms with Crippen LogP contribution in [0.5, 0.6) is 0 Å². The van der Waals surface area contributed by atoms with Crippen molar-refractivity contribution >= 4 is 5.91 Å². The van der Waals surface area contributed by atoms with E-state index in [2.05, 4.69) is 29.6 Å². The predicted octanol–water partition coefficient (Wildman–Crippen LogP) is 1.08. The molecule has 20 heavy (non-hydrogen) atoms. The molecule has 1 saturated heterocycles. The highest BCUT2D eigenvalue weighted by Crippen LogP contribution is 2.15. The summed E-state index contributed by atoms with van der Waals surface area (Å²) in [6.45, 7) is 8.02. The lowest BCUT2D eigenvalue weighted by molar-refractivity contribution is -0.126. The second-order valence-corrected chi connectivity index (χ2v) is 5.93. The molecule has 2 rings (SSSR count). The van der Waals surface area contributed by atoms with E-state index in [0.29, 0.717) is 0 Å². The summed E-state index contributed by atoms with van der Waals surface area (Å²) in [6, 6.07) is 0.144. The second-order valence-electron chi connectivity index (χ2n) is 5.93. The van der Waals surface area contributed by atoms with Gasteiger partial charge in [0.2, 0.25) is 5.91 Å². The Morgan fingerprint density at radius 2 is 2.30 bits per heavy atom. The van der Waals surface area contributed by atoms with Crippen LogP contribution in [0.15, 0.2) is 0 Å². The first-order chi connectivity index (χ1) is 9.49. The van der Waals surface area contributed by atoms with E-state index >= 15 is 0 Å². The summed E-state index contributed by atoms with van der Waals surface area (Å²) in [5.74, 6) is 0.311. The number of rotatable bonds is 4. The molecule has 1 fully saturated rings. The third kappa shape index (κ3) is 3.39. The van der Waals surface area contributed by atoms with Crippen LogP contribution in [0.2, 0.25) is 0 Å². The van der Waals surface area contributed by atoms with Gasteiger partial charge in [0.05, 0.1) is 11.6 Å². The van der Waals surface area contributed by atoms with E-state index in [-0.39, 0.29) is 17.9 Å².